The van der Waals surface area contributed by atoms with Crippen molar-refractivity contribution in [3.8, 4) is 5.69 Å². The van der Waals surface area contributed by atoms with Crippen molar-refractivity contribution in [3.05, 3.63) is 40.9 Å². The Bertz CT molecular complexity index is 533. The molecule has 0 spiro atoms. The van der Waals surface area contributed by atoms with Crippen LogP contribution in [-0.2, 0) is 6.54 Å². The van der Waals surface area contributed by atoms with E-state index in [4.69, 9.17) is 11.6 Å². The number of halogens is 2. The maximum atomic E-state index is 13.3. The van der Waals surface area contributed by atoms with Crippen molar-refractivity contribution in [3.63, 3.8) is 0 Å². The van der Waals surface area contributed by atoms with E-state index in [1.54, 1.807) is 16.9 Å². The Balaban J connectivity index is 2.18. The molecule has 2 rings (SSSR count). The van der Waals surface area contributed by atoms with Gasteiger partial charge in [-0.25, -0.2) is 9.07 Å². The number of rotatable bonds is 5. The zero-order chi connectivity index (χ0) is 13.8. The van der Waals surface area contributed by atoms with Crippen molar-refractivity contribution in [1.29, 1.82) is 0 Å². The fourth-order valence-electron chi connectivity index (χ4n) is 1.74. The molecule has 1 aromatic heterocycles. The predicted octanol–water partition coefficient (Wildman–Crippen LogP) is 2.81. The summed E-state index contributed by atoms with van der Waals surface area (Å²) in [4.78, 5) is 0. The molecule has 2 aromatic rings. The van der Waals surface area contributed by atoms with Gasteiger partial charge in [0.05, 0.1) is 17.6 Å². The quantitative estimate of drug-likeness (QED) is 0.917. The van der Waals surface area contributed by atoms with Crippen LogP contribution in [0.25, 0.3) is 5.69 Å². The molecule has 0 aliphatic heterocycles. The Kier molecular flexibility index (Phi) is 4.50. The van der Waals surface area contributed by atoms with E-state index in [2.05, 4.69) is 29.5 Å². The molecule has 19 heavy (non-hydrogen) atoms. The number of nitrogens with zero attached hydrogens (tertiary/aromatic N) is 3. The van der Waals surface area contributed by atoms with Gasteiger partial charge in [-0.15, -0.1) is 5.10 Å². The molecule has 0 aliphatic rings. The van der Waals surface area contributed by atoms with Crippen molar-refractivity contribution in [2.45, 2.75) is 20.4 Å². The summed E-state index contributed by atoms with van der Waals surface area (Å²) in [6.07, 6.45) is 1.66. The molecule has 0 saturated heterocycles. The maximum Gasteiger partial charge on any atom is 0.126 e. The van der Waals surface area contributed by atoms with Crippen LogP contribution in [0, 0.1) is 11.7 Å². The third-order valence-electron chi connectivity index (χ3n) is 2.57. The van der Waals surface area contributed by atoms with Gasteiger partial charge in [0.15, 0.2) is 0 Å². The second-order valence-electron chi connectivity index (χ2n) is 4.79. The topological polar surface area (TPSA) is 42.7 Å². The minimum absolute atomic E-state index is 0.339. The largest absolute Gasteiger partial charge is 0.311 e. The lowest BCUT2D eigenvalue weighted by molar-refractivity contribution is 0.542. The van der Waals surface area contributed by atoms with Crippen LogP contribution in [0.2, 0.25) is 5.02 Å². The monoisotopic (exact) mass is 282 g/mol. The molecule has 0 aliphatic carbocycles. The highest BCUT2D eigenvalue weighted by molar-refractivity contribution is 6.30. The smallest absolute Gasteiger partial charge is 0.126 e. The van der Waals surface area contributed by atoms with Crippen LogP contribution < -0.4 is 5.32 Å². The number of benzene rings is 1. The van der Waals surface area contributed by atoms with Crippen molar-refractivity contribution < 1.29 is 4.39 Å². The van der Waals surface area contributed by atoms with Crippen LogP contribution in [0.1, 0.15) is 19.5 Å². The molecule has 4 nitrogen and oxygen atoms in total. The summed E-state index contributed by atoms with van der Waals surface area (Å²) in [6, 6.07) is 4.30. The predicted molar refractivity (Wildman–Crippen MR) is 72.9 cm³/mol. The summed E-state index contributed by atoms with van der Waals surface area (Å²) in [6.45, 7) is 5.79. The number of aromatic nitrogens is 3. The molecule has 102 valence electrons. The molecule has 0 fully saturated rings. The number of hydrogen-bond acceptors (Lipinski definition) is 3. The first-order valence-electron chi connectivity index (χ1n) is 6.13. The lowest BCUT2D eigenvalue weighted by Crippen LogP contribution is -2.20. The summed E-state index contributed by atoms with van der Waals surface area (Å²) in [5.74, 6) is 0.173. The Labute approximate surface area is 116 Å². The van der Waals surface area contributed by atoms with Gasteiger partial charge < -0.3 is 5.32 Å². The van der Waals surface area contributed by atoms with E-state index >= 15 is 0 Å². The zero-order valence-electron chi connectivity index (χ0n) is 10.9. The van der Waals surface area contributed by atoms with Gasteiger partial charge in [-0.2, -0.15) is 0 Å². The van der Waals surface area contributed by atoms with E-state index in [1.807, 2.05) is 0 Å². The van der Waals surface area contributed by atoms with Crippen LogP contribution in [0.4, 0.5) is 4.39 Å². The highest BCUT2D eigenvalue weighted by Crippen LogP contribution is 2.18. The number of nitrogens with one attached hydrogen (secondary N) is 1. The third-order valence-corrected chi connectivity index (χ3v) is 2.79. The Hall–Kier alpha value is -1.46. The average Bonchev–Trinajstić information content (AvgIpc) is 2.75. The minimum Gasteiger partial charge on any atom is -0.311 e. The SMILES string of the molecule is CC(C)CNCc1cnnn1-c1cc(F)cc(Cl)c1. The maximum absolute atomic E-state index is 13.3. The fraction of sp³-hybridized carbons (Fsp3) is 0.385. The molecule has 0 amide bonds. The van der Waals surface area contributed by atoms with Crippen LogP contribution in [-0.4, -0.2) is 21.5 Å². The fourth-order valence-corrected chi connectivity index (χ4v) is 1.96. The van der Waals surface area contributed by atoms with Gasteiger partial charge in [0.25, 0.3) is 0 Å². The standard InChI is InChI=1S/C13H16ClFN4/c1-9(2)6-16-7-13-8-17-18-19(13)12-4-10(14)3-11(15)5-12/h3-5,8-9,16H,6-7H2,1-2H3. The first-order valence-corrected chi connectivity index (χ1v) is 6.51. The Morgan fingerprint density at radius 2 is 2.16 bits per heavy atom. The van der Waals surface area contributed by atoms with Gasteiger partial charge in [-0.05, 0) is 30.7 Å². The van der Waals surface area contributed by atoms with Crippen LogP contribution in [0.5, 0.6) is 0 Å². The molecule has 1 N–H and O–H groups in total. The van der Waals surface area contributed by atoms with E-state index in [0.29, 0.717) is 23.2 Å². The van der Waals surface area contributed by atoms with Crippen molar-refractivity contribution in [2.75, 3.05) is 6.54 Å². The van der Waals surface area contributed by atoms with Gasteiger partial charge in [0.2, 0.25) is 0 Å². The second kappa shape index (κ2) is 6.12. The third kappa shape index (κ3) is 3.75. The summed E-state index contributed by atoms with van der Waals surface area (Å²) in [5.41, 5.74) is 1.44. The van der Waals surface area contributed by atoms with Gasteiger partial charge in [0, 0.05) is 11.6 Å². The summed E-state index contributed by atoms with van der Waals surface area (Å²) < 4.78 is 14.9. The molecular weight excluding hydrogens is 267 g/mol. The van der Waals surface area contributed by atoms with E-state index in [1.165, 1.54) is 12.1 Å². The molecule has 6 heteroatoms. The molecule has 1 heterocycles. The van der Waals surface area contributed by atoms with Crippen molar-refractivity contribution >= 4 is 11.6 Å². The van der Waals surface area contributed by atoms with Gasteiger partial charge in [-0.1, -0.05) is 30.7 Å². The summed E-state index contributed by atoms with van der Waals surface area (Å²) >= 11 is 5.85. The minimum atomic E-state index is -0.390. The lowest BCUT2D eigenvalue weighted by atomic mass is 10.2. The van der Waals surface area contributed by atoms with E-state index in [0.717, 1.165) is 12.2 Å². The van der Waals surface area contributed by atoms with Gasteiger partial charge in [0.1, 0.15) is 5.82 Å². The van der Waals surface area contributed by atoms with Crippen LogP contribution in [0.15, 0.2) is 24.4 Å². The summed E-state index contributed by atoms with van der Waals surface area (Å²) in [7, 11) is 0. The molecule has 0 unspecified atom stereocenters. The zero-order valence-corrected chi connectivity index (χ0v) is 11.7. The van der Waals surface area contributed by atoms with Crippen molar-refractivity contribution in [1.82, 2.24) is 20.3 Å². The molecule has 0 radical (unpaired) electrons. The van der Waals surface area contributed by atoms with Crippen LogP contribution >= 0.6 is 11.6 Å². The molecule has 1 aromatic carbocycles. The molecular formula is C13H16ClFN4. The van der Waals surface area contributed by atoms with E-state index < -0.39 is 0 Å². The summed E-state index contributed by atoms with van der Waals surface area (Å²) in [5, 5.41) is 11.5. The second-order valence-corrected chi connectivity index (χ2v) is 5.23. The lowest BCUT2D eigenvalue weighted by Gasteiger charge is -2.09. The highest BCUT2D eigenvalue weighted by Gasteiger charge is 2.08. The van der Waals surface area contributed by atoms with E-state index in [-0.39, 0.29) is 5.82 Å². The number of hydrogen-bond donors (Lipinski definition) is 1. The van der Waals surface area contributed by atoms with Crippen molar-refractivity contribution in [2.24, 2.45) is 5.92 Å². The van der Waals surface area contributed by atoms with Gasteiger partial charge in [-0.3, -0.25) is 0 Å². The Morgan fingerprint density at radius 3 is 2.84 bits per heavy atom. The first-order chi connectivity index (χ1) is 9.06. The Morgan fingerprint density at radius 1 is 1.37 bits per heavy atom. The van der Waals surface area contributed by atoms with Crippen LogP contribution in [0.3, 0.4) is 0 Å². The highest BCUT2D eigenvalue weighted by atomic mass is 35.5. The molecule has 0 saturated carbocycles. The normalized spacial score (nSPS) is 11.2. The molecule has 0 bridgehead atoms. The van der Waals surface area contributed by atoms with E-state index in [9.17, 15) is 4.39 Å². The molecule has 0 atom stereocenters. The average molecular weight is 283 g/mol. The first kappa shape index (κ1) is 14.0. The van der Waals surface area contributed by atoms with Gasteiger partial charge >= 0.3 is 0 Å².